The van der Waals surface area contributed by atoms with E-state index in [1.54, 1.807) is 0 Å². The fourth-order valence-corrected chi connectivity index (χ4v) is 2.68. The van der Waals surface area contributed by atoms with E-state index < -0.39 is 5.97 Å². The summed E-state index contributed by atoms with van der Waals surface area (Å²) in [7, 11) is 2.95. The highest BCUT2D eigenvalue weighted by atomic mass is 33.1. The third kappa shape index (κ3) is 5.44. The summed E-state index contributed by atoms with van der Waals surface area (Å²) in [6, 6.07) is 0. The van der Waals surface area contributed by atoms with Crippen LogP contribution in [0.25, 0.3) is 0 Å². The molecule has 0 aromatic rings. The van der Waals surface area contributed by atoms with Crippen LogP contribution in [0.4, 0.5) is 0 Å². The van der Waals surface area contributed by atoms with Crippen molar-refractivity contribution >= 4 is 27.6 Å². The summed E-state index contributed by atoms with van der Waals surface area (Å²) < 4.78 is 0. The van der Waals surface area contributed by atoms with Crippen LogP contribution < -0.4 is 0 Å². The van der Waals surface area contributed by atoms with E-state index in [9.17, 15) is 4.79 Å². The minimum Gasteiger partial charge on any atom is -0.480 e. The maximum atomic E-state index is 10.6. The normalized spacial score (nSPS) is 13.5. The highest BCUT2D eigenvalue weighted by molar-refractivity contribution is 8.76. The second-order valence-electron chi connectivity index (χ2n) is 2.72. The summed E-state index contributed by atoms with van der Waals surface area (Å²) in [5.41, 5.74) is 0. The molecule has 0 amide bonds. The smallest absolute Gasteiger partial charge is 0.317 e. The lowest BCUT2D eigenvalue weighted by atomic mass is 10.1. The Balaban J connectivity index is 3.79. The maximum Gasteiger partial charge on any atom is 0.317 e. The molecule has 0 aromatic carbocycles. The lowest BCUT2D eigenvalue weighted by Crippen LogP contribution is -2.17. The van der Waals surface area contributed by atoms with Gasteiger partial charge in [0.1, 0.15) is 5.25 Å². The van der Waals surface area contributed by atoms with Crippen molar-refractivity contribution in [3.63, 3.8) is 0 Å². The van der Waals surface area contributed by atoms with E-state index in [0.717, 1.165) is 6.42 Å². The van der Waals surface area contributed by atoms with Crippen LogP contribution in [0.5, 0.6) is 0 Å². The highest BCUT2D eigenvalue weighted by Crippen LogP contribution is 2.28. The van der Waals surface area contributed by atoms with E-state index >= 15 is 0 Å². The zero-order valence-corrected chi connectivity index (χ0v) is 8.67. The fraction of sp³-hybridized carbons (Fsp3) is 0.857. The van der Waals surface area contributed by atoms with E-state index in [2.05, 4.69) is 0 Å². The van der Waals surface area contributed by atoms with E-state index in [1.165, 1.54) is 21.6 Å². The molecule has 4 heteroatoms. The van der Waals surface area contributed by atoms with Crippen molar-refractivity contribution < 1.29 is 9.90 Å². The van der Waals surface area contributed by atoms with E-state index in [1.807, 2.05) is 20.1 Å². The molecule has 0 saturated heterocycles. The minimum absolute atomic E-state index is 0.245. The van der Waals surface area contributed by atoms with E-state index in [0.29, 0.717) is 5.92 Å². The second kappa shape index (κ2) is 5.77. The number of aliphatic carboxylic acids is 1. The molecular weight excluding hydrogens is 180 g/mol. The molecule has 0 aliphatic rings. The lowest BCUT2D eigenvalue weighted by Gasteiger charge is -2.11. The fourth-order valence-electron chi connectivity index (χ4n) is 0.726. The summed E-state index contributed by atoms with van der Waals surface area (Å²) >= 11 is 0. The van der Waals surface area contributed by atoms with Gasteiger partial charge in [-0.1, -0.05) is 35.4 Å². The van der Waals surface area contributed by atoms with Gasteiger partial charge in [0.2, 0.25) is 0 Å². The number of hydrogen-bond acceptors (Lipinski definition) is 3. The van der Waals surface area contributed by atoms with Crippen LogP contribution in [0.2, 0.25) is 0 Å². The molecule has 1 N–H and O–H groups in total. The van der Waals surface area contributed by atoms with Crippen molar-refractivity contribution in [1.29, 1.82) is 0 Å². The van der Waals surface area contributed by atoms with Crippen LogP contribution in [-0.4, -0.2) is 22.6 Å². The number of rotatable bonds is 5. The van der Waals surface area contributed by atoms with E-state index in [-0.39, 0.29) is 5.25 Å². The van der Waals surface area contributed by atoms with Crippen LogP contribution in [0.1, 0.15) is 20.3 Å². The van der Waals surface area contributed by atoms with Gasteiger partial charge in [-0.05, 0) is 18.6 Å². The van der Waals surface area contributed by atoms with Gasteiger partial charge in [0.05, 0.1) is 0 Å². The Morgan fingerprint density at radius 2 is 2.09 bits per heavy atom. The van der Waals surface area contributed by atoms with Crippen molar-refractivity contribution in [3.05, 3.63) is 0 Å². The molecule has 0 aliphatic carbocycles. The Labute approximate surface area is 75.5 Å². The molecule has 0 aliphatic heterocycles. The van der Waals surface area contributed by atoms with Crippen molar-refractivity contribution in [2.45, 2.75) is 25.5 Å². The van der Waals surface area contributed by atoms with Gasteiger partial charge in [-0.25, -0.2) is 0 Å². The molecule has 0 heterocycles. The Kier molecular flexibility index (Phi) is 5.86. The van der Waals surface area contributed by atoms with Gasteiger partial charge >= 0.3 is 5.97 Å². The number of carboxylic acid groups (broad SMARTS) is 1. The molecule has 0 radical (unpaired) electrons. The van der Waals surface area contributed by atoms with Crippen molar-refractivity contribution in [2.24, 2.45) is 5.92 Å². The molecule has 1 atom stereocenters. The quantitative estimate of drug-likeness (QED) is 0.682. The third-order valence-corrected chi connectivity index (χ3v) is 3.27. The second-order valence-corrected chi connectivity index (χ2v) is 5.39. The van der Waals surface area contributed by atoms with Gasteiger partial charge in [0, 0.05) is 0 Å². The first-order valence-electron chi connectivity index (χ1n) is 3.50. The van der Waals surface area contributed by atoms with Gasteiger partial charge in [0.25, 0.3) is 0 Å². The first-order chi connectivity index (χ1) is 5.07. The molecular formula is C7H14O2S2. The topological polar surface area (TPSA) is 37.3 Å². The maximum absolute atomic E-state index is 10.6. The van der Waals surface area contributed by atoms with E-state index in [4.69, 9.17) is 5.11 Å². The molecule has 0 aromatic heterocycles. The van der Waals surface area contributed by atoms with Crippen LogP contribution in [0, 0.1) is 5.92 Å². The predicted molar refractivity (Wildman–Crippen MR) is 52.0 cm³/mol. The Hall–Kier alpha value is 0.170. The molecule has 0 bridgehead atoms. The van der Waals surface area contributed by atoms with Crippen LogP contribution in [0.3, 0.4) is 0 Å². The molecule has 0 fully saturated rings. The van der Waals surface area contributed by atoms with Gasteiger partial charge < -0.3 is 5.11 Å². The zero-order chi connectivity index (χ0) is 8.85. The molecule has 0 spiro atoms. The van der Waals surface area contributed by atoms with Gasteiger partial charge in [-0.2, -0.15) is 0 Å². The summed E-state index contributed by atoms with van der Waals surface area (Å²) in [4.78, 5) is 10.6. The first kappa shape index (κ1) is 11.2. The summed E-state index contributed by atoms with van der Waals surface area (Å²) in [6.45, 7) is 4.08. The van der Waals surface area contributed by atoms with Crippen LogP contribution >= 0.6 is 21.6 Å². The zero-order valence-electron chi connectivity index (χ0n) is 7.03. The van der Waals surface area contributed by atoms with Gasteiger partial charge in [-0.15, -0.1) is 0 Å². The summed E-state index contributed by atoms with van der Waals surface area (Å²) in [5.74, 6) is -0.242. The third-order valence-electron chi connectivity index (χ3n) is 1.17. The Bertz CT molecular complexity index is 126. The van der Waals surface area contributed by atoms with Gasteiger partial charge in [0.15, 0.2) is 0 Å². The lowest BCUT2D eigenvalue weighted by molar-refractivity contribution is -0.136. The van der Waals surface area contributed by atoms with Crippen molar-refractivity contribution in [3.8, 4) is 0 Å². The molecule has 2 nitrogen and oxygen atoms in total. The minimum atomic E-state index is -0.696. The Morgan fingerprint density at radius 3 is 2.36 bits per heavy atom. The van der Waals surface area contributed by atoms with Crippen LogP contribution in [-0.2, 0) is 4.79 Å². The monoisotopic (exact) mass is 194 g/mol. The highest BCUT2D eigenvalue weighted by Gasteiger charge is 2.18. The number of carboxylic acids is 1. The Morgan fingerprint density at radius 1 is 1.55 bits per heavy atom. The molecule has 11 heavy (non-hydrogen) atoms. The standard InChI is InChI=1S/C7H14O2S2/c1-5(2)4-6(7(8)9)11-10-3/h5-6H,4H2,1-3H3,(H,8,9). The molecule has 0 rings (SSSR count). The van der Waals surface area contributed by atoms with Crippen molar-refractivity contribution in [1.82, 2.24) is 0 Å². The molecule has 1 unspecified atom stereocenters. The van der Waals surface area contributed by atoms with Crippen LogP contribution in [0.15, 0.2) is 0 Å². The number of hydrogen-bond donors (Lipinski definition) is 1. The molecule has 66 valence electrons. The van der Waals surface area contributed by atoms with Gasteiger partial charge in [-0.3, -0.25) is 4.79 Å². The number of carbonyl (C=O) groups is 1. The largest absolute Gasteiger partial charge is 0.480 e. The first-order valence-corrected chi connectivity index (χ1v) is 6.12. The SMILES string of the molecule is CSSC(CC(C)C)C(=O)O. The average Bonchev–Trinajstić information content (AvgIpc) is 1.86. The average molecular weight is 194 g/mol. The van der Waals surface area contributed by atoms with Crippen molar-refractivity contribution in [2.75, 3.05) is 6.26 Å². The predicted octanol–water partition coefficient (Wildman–Crippen LogP) is 2.50. The summed E-state index contributed by atoms with van der Waals surface area (Å²) in [5, 5.41) is 8.47. The summed E-state index contributed by atoms with van der Waals surface area (Å²) in [6.07, 6.45) is 2.65. The molecule has 0 saturated carbocycles.